The van der Waals surface area contributed by atoms with E-state index in [1.807, 2.05) is 19.2 Å². The molecule has 0 radical (unpaired) electrons. The van der Waals surface area contributed by atoms with E-state index in [1.165, 1.54) is 5.56 Å². The molecule has 2 amide bonds. The van der Waals surface area contributed by atoms with Crippen molar-refractivity contribution in [2.24, 2.45) is 5.92 Å². The van der Waals surface area contributed by atoms with Crippen LogP contribution in [0.2, 0.25) is 0 Å². The van der Waals surface area contributed by atoms with Gasteiger partial charge in [-0.05, 0) is 41.7 Å². The third kappa shape index (κ3) is 2.97. The Kier molecular flexibility index (Phi) is 4.24. The number of nitrogens with zero attached hydrogens (tertiary/aromatic N) is 1. The van der Waals surface area contributed by atoms with Crippen LogP contribution in [0.4, 0.5) is 0 Å². The van der Waals surface area contributed by atoms with Crippen molar-refractivity contribution in [1.29, 1.82) is 0 Å². The van der Waals surface area contributed by atoms with Crippen molar-refractivity contribution in [3.05, 3.63) is 22.4 Å². The maximum atomic E-state index is 12.4. The van der Waals surface area contributed by atoms with Crippen LogP contribution in [0.15, 0.2) is 16.8 Å². The summed E-state index contributed by atoms with van der Waals surface area (Å²) in [5.74, 6) is 0.105. The molecule has 0 bridgehead atoms. The lowest BCUT2D eigenvalue weighted by atomic mass is 9.98. The minimum Gasteiger partial charge on any atom is -0.342 e. The van der Waals surface area contributed by atoms with Crippen LogP contribution in [-0.2, 0) is 16.0 Å². The Labute approximate surface area is 117 Å². The third-order valence-corrected chi connectivity index (χ3v) is 4.31. The van der Waals surface area contributed by atoms with Crippen LogP contribution in [-0.4, -0.2) is 35.3 Å². The molecule has 0 saturated carbocycles. The maximum Gasteiger partial charge on any atom is 0.246 e. The van der Waals surface area contributed by atoms with Crippen molar-refractivity contribution in [3.8, 4) is 0 Å². The Morgan fingerprint density at radius 2 is 2.16 bits per heavy atom. The Bertz CT molecular complexity index is 456. The van der Waals surface area contributed by atoms with Gasteiger partial charge in [-0.1, -0.05) is 13.8 Å². The summed E-state index contributed by atoms with van der Waals surface area (Å²) in [4.78, 5) is 26.0. The Hall–Kier alpha value is -1.36. The highest BCUT2D eigenvalue weighted by atomic mass is 32.1. The summed E-state index contributed by atoms with van der Waals surface area (Å²) in [6.45, 7) is 6.30. The predicted octanol–water partition coefficient (Wildman–Crippen LogP) is 1.66. The molecule has 0 spiro atoms. The molecular weight excluding hydrogens is 260 g/mol. The van der Waals surface area contributed by atoms with E-state index < -0.39 is 0 Å². The molecule has 1 aliphatic heterocycles. The van der Waals surface area contributed by atoms with Gasteiger partial charge in [-0.15, -0.1) is 0 Å². The first-order chi connectivity index (χ1) is 9.00. The molecule has 5 heteroatoms. The molecule has 1 aliphatic rings. The number of thiophene rings is 1. The standard InChI is InChI=1S/C14H20N2O2S/c1-9(2)12-14(18)16(10(3)13(17)15-12)6-4-11-5-7-19-8-11/h5,7-10,12H,4,6H2,1-3H3,(H,15,17). The van der Waals surface area contributed by atoms with E-state index in [2.05, 4.69) is 16.8 Å². The SMILES string of the molecule is CC(C)C1NC(=O)C(C)N(CCc2ccsc2)C1=O. The smallest absolute Gasteiger partial charge is 0.246 e. The Morgan fingerprint density at radius 1 is 1.42 bits per heavy atom. The van der Waals surface area contributed by atoms with Gasteiger partial charge in [0, 0.05) is 6.54 Å². The van der Waals surface area contributed by atoms with E-state index in [1.54, 1.807) is 23.2 Å². The molecule has 0 aromatic carbocycles. The van der Waals surface area contributed by atoms with E-state index in [9.17, 15) is 9.59 Å². The van der Waals surface area contributed by atoms with Crippen molar-refractivity contribution in [2.45, 2.75) is 39.3 Å². The molecule has 104 valence electrons. The van der Waals surface area contributed by atoms with Crippen molar-refractivity contribution in [1.82, 2.24) is 10.2 Å². The Morgan fingerprint density at radius 3 is 2.74 bits per heavy atom. The zero-order valence-electron chi connectivity index (χ0n) is 11.6. The second kappa shape index (κ2) is 5.74. The summed E-state index contributed by atoms with van der Waals surface area (Å²) in [7, 11) is 0. The molecule has 1 aromatic heterocycles. The maximum absolute atomic E-state index is 12.4. The number of rotatable bonds is 4. The van der Waals surface area contributed by atoms with E-state index in [-0.39, 0.29) is 29.8 Å². The first-order valence-corrected chi connectivity index (χ1v) is 7.57. The zero-order valence-corrected chi connectivity index (χ0v) is 12.4. The number of hydrogen-bond donors (Lipinski definition) is 1. The fourth-order valence-electron chi connectivity index (χ4n) is 2.29. The average molecular weight is 280 g/mol. The van der Waals surface area contributed by atoms with Crippen LogP contribution < -0.4 is 5.32 Å². The molecule has 1 fully saturated rings. The highest BCUT2D eigenvalue weighted by Crippen LogP contribution is 2.16. The average Bonchev–Trinajstić information content (AvgIpc) is 2.86. The molecule has 19 heavy (non-hydrogen) atoms. The van der Waals surface area contributed by atoms with Gasteiger partial charge in [0.05, 0.1) is 0 Å². The van der Waals surface area contributed by atoms with Crippen LogP contribution >= 0.6 is 11.3 Å². The minimum absolute atomic E-state index is 0.0392. The van der Waals surface area contributed by atoms with Gasteiger partial charge in [-0.25, -0.2) is 0 Å². The van der Waals surface area contributed by atoms with Crippen molar-refractivity contribution < 1.29 is 9.59 Å². The summed E-state index contributed by atoms with van der Waals surface area (Å²) in [5.41, 5.74) is 1.22. The molecular formula is C14H20N2O2S. The van der Waals surface area contributed by atoms with E-state index in [0.29, 0.717) is 6.54 Å². The van der Waals surface area contributed by atoms with Gasteiger partial charge in [-0.2, -0.15) is 11.3 Å². The molecule has 2 atom stereocenters. The Balaban J connectivity index is 2.07. The number of piperazine rings is 1. The molecule has 2 rings (SSSR count). The van der Waals surface area contributed by atoms with Gasteiger partial charge < -0.3 is 10.2 Å². The van der Waals surface area contributed by atoms with Gasteiger partial charge in [0.25, 0.3) is 0 Å². The second-order valence-corrected chi connectivity index (χ2v) is 6.10. The van der Waals surface area contributed by atoms with Gasteiger partial charge in [0.15, 0.2) is 0 Å². The molecule has 1 aromatic rings. The van der Waals surface area contributed by atoms with Gasteiger partial charge >= 0.3 is 0 Å². The lowest BCUT2D eigenvalue weighted by molar-refractivity contribution is -0.149. The molecule has 0 aliphatic carbocycles. The molecule has 4 nitrogen and oxygen atoms in total. The van der Waals surface area contributed by atoms with Gasteiger partial charge in [0.2, 0.25) is 11.8 Å². The fraction of sp³-hybridized carbons (Fsp3) is 0.571. The highest BCUT2D eigenvalue weighted by Gasteiger charge is 2.38. The third-order valence-electron chi connectivity index (χ3n) is 3.58. The van der Waals surface area contributed by atoms with Crippen LogP contribution in [0, 0.1) is 5.92 Å². The summed E-state index contributed by atoms with van der Waals surface area (Å²) in [6.07, 6.45) is 0.803. The second-order valence-electron chi connectivity index (χ2n) is 5.32. The first kappa shape index (κ1) is 14.1. The molecule has 2 heterocycles. The molecule has 1 N–H and O–H groups in total. The first-order valence-electron chi connectivity index (χ1n) is 6.62. The van der Waals surface area contributed by atoms with Crippen molar-refractivity contribution >= 4 is 23.2 Å². The van der Waals surface area contributed by atoms with Crippen molar-refractivity contribution in [3.63, 3.8) is 0 Å². The van der Waals surface area contributed by atoms with E-state index in [0.717, 1.165) is 6.42 Å². The molecule has 1 saturated heterocycles. The summed E-state index contributed by atoms with van der Waals surface area (Å²) < 4.78 is 0. The topological polar surface area (TPSA) is 49.4 Å². The normalized spacial score (nSPS) is 23.9. The monoisotopic (exact) mass is 280 g/mol. The lowest BCUT2D eigenvalue weighted by Crippen LogP contribution is -2.64. The van der Waals surface area contributed by atoms with Crippen LogP contribution in [0.3, 0.4) is 0 Å². The number of carbonyl (C=O) groups is 2. The van der Waals surface area contributed by atoms with E-state index >= 15 is 0 Å². The zero-order chi connectivity index (χ0) is 14.0. The quantitative estimate of drug-likeness (QED) is 0.912. The summed E-state index contributed by atoms with van der Waals surface area (Å²) in [6, 6.07) is 1.30. The van der Waals surface area contributed by atoms with Crippen LogP contribution in [0.25, 0.3) is 0 Å². The summed E-state index contributed by atoms with van der Waals surface area (Å²) in [5, 5.41) is 6.92. The summed E-state index contributed by atoms with van der Waals surface area (Å²) >= 11 is 1.65. The molecule has 2 unspecified atom stereocenters. The minimum atomic E-state index is -0.383. The predicted molar refractivity (Wildman–Crippen MR) is 76.0 cm³/mol. The number of carbonyl (C=O) groups excluding carboxylic acids is 2. The van der Waals surface area contributed by atoms with E-state index in [4.69, 9.17) is 0 Å². The number of amides is 2. The van der Waals surface area contributed by atoms with Crippen molar-refractivity contribution in [2.75, 3.05) is 6.54 Å². The fourth-order valence-corrected chi connectivity index (χ4v) is 2.99. The number of hydrogen-bond acceptors (Lipinski definition) is 3. The van der Waals surface area contributed by atoms with Crippen LogP contribution in [0.5, 0.6) is 0 Å². The van der Waals surface area contributed by atoms with Gasteiger partial charge in [-0.3, -0.25) is 9.59 Å². The largest absolute Gasteiger partial charge is 0.342 e. The number of nitrogens with one attached hydrogen (secondary N) is 1. The van der Waals surface area contributed by atoms with Crippen LogP contribution in [0.1, 0.15) is 26.3 Å². The van der Waals surface area contributed by atoms with Gasteiger partial charge in [0.1, 0.15) is 12.1 Å². The highest BCUT2D eigenvalue weighted by molar-refractivity contribution is 7.07. The lowest BCUT2D eigenvalue weighted by Gasteiger charge is -2.38.